The topological polar surface area (TPSA) is 86.0 Å². The molecule has 0 bridgehead atoms. The minimum atomic E-state index is -3.52. The van der Waals surface area contributed by atoms with Crippen molar-refractivity contribution in [1.82, 2.24) is 15.2 Å². The molecule has 4 rings (SSSR count). The summed E-state index contributed by atoms with van der Waals surface area (Å²) in [6, 6.07) is 17.3. The highest BCUT2D eigenvalue weighted by Crippen LogP contribution is 2.27. The van der Waals surface area contributed by atoms with E-state index in [1.165, 1.54) is 11.8 Å². The zero-order chi connectivity index (χ0) is 20.3. The van der Waals surface area contributed by atoms with Gasteiger partial charge in [0.1, 0.15) is 0 Å². The van der Waals surface area contributed by atoms with Crippen molar-refractivity contribution in [3.05, 3.63) is 84.2 Å². The van der Waals surface area contributed by atoms with Gasteiger partial charge in [0.2, 0.25) is 15.7 Å². The van der Waals surface area contributed by atoms with Crippen LogP contribution in [0.1, 0.15) is 11.1 Å². The quantitative estimate of drug-likeness (QED) is 0.420. The number of hydrogen-bond acceptors (Lipinski definition) is 7. The predicted octanol–water partition coefficient (Wildman–Crippen LogP) is 4.57. The lowest BCUT2D eigenvalue weighted by atomic mass is 10.2. The Balaban J connectivity index is 1.44. The third kappa shape index (κ3) is 4.38. The Hall–Kier alpha value is -2.97. The lowest BCUT2D eigenvalue weighted by Crippen LogP contribution is -2.02. The number of rotatable bonds is 6. The Labute approximate surface area is 173 Å². The van der Waals surface area contributed by atoms with Crippen LogP contribution >= 0.6 is 11.8 Å². The van der Waals surface area contributed by atoms with Gasteiger partial charge >= 0.3 is 0 Å². The summed E-state index contributed by atoms with van der Waals surface area (Å²) in [5, 5.41) is 8.53. The van der Waals surface area contributed by atoms with Crippen molar-refractivity contribution in [3.8, 4) is 11.5 Å². The minimum absolute atomic E-state index is 0.271. The van der Waals surface area contributed by atoms with E-state index < -0.39 is 9.84 Å². The van der Waals surface area contributed by atoms with Gasteiger partial charge in [-0.1, -0.05) is 41.6 Å². The van der Waals surface area contributed by atoms with E-state index in [-0.39, 0.29) is 4.90 Å². The van der Waals surface area contributed by atoms with Crippen LogP contribution in [0.5, 0.6) is 0 Å². The molecular weight excluding hydrogens is 406 g/mol. The molecule has 0 fully saturated rings. The number of thioether (sulfide) groups is 1. The zero-order valence-corrected chi connectivity index (χ0v) is 17.2. The van der Waals surface area contributed by atoms with E-state index in [1.807, 2.05) is 6.92 Å². The Bertz CT molecular complexity index is 1200. The van der Waals surface area contributed by atoms with Gasteiger partial charge in [0.05, 0.1) is 9.79 Å². The molecule has 2 heterocycles. The first-order chi connectivity index (χ1) is 14.0. The molecule has 0 aliphatic carbocycles. The van der Waals surface area contributed by atoms with Crippen molar-refractivity contribution in [2.24, 2.45) is 0 Å². The van der Waals surface area contributed by atoms with Gasteiger partial charge in [-0.3, -0.25) is 4.98 Å². The van der Waals surface area contributed by atoms with Gasteiger partial charge in [0.15, 0.2) is 0 Å². The molecule has 4 aromatic rings. The minimum Gasteiger partial charge on any atom is -0.411 e. The monoisotopic (exact) mass is 423 g/mol. The van der Waals surface area contributed by atoms with Crippen molar-refractivity contribution in [3.63, 3.8) is 0 Å². The maximum absolute atomic E-state index is 12.7. The van der Waals surface area contributed by atoms with Gasteiger partial charge in [0, 0.05) is 23.7 Å². The number of aromatic nitrogens is 3. The van der Waals surface area contributed by atoms with Crippen molar-refractivity contribution < 1.29 is 12.8 Å². The molecule has 0 saturated carbocycles. The van der Waals surface area contributed by atoms with Crippen LogP contribution in [0, 0.1) is 6.92 Å². The summed E-state index contributed by atoms with van der Waals surface area (Å²) >= 11 is 1.40. The molecule has 146 valence electrons. The zero-order valence-electron chi connectivity index (χ0n) is 15.5. The second kappa shape index (κ2) is 8.18. The molecule has 0 N–H and O–H groups in total. The highest BCUT2D eigenvalue weighted by Gasteiger charge is 2.17. The third-order valence-electron chi connectivity index (χ3n) is 4.26. The molecule has 0 spiro atoms. The first kappa shape index (κ1) is 19.4. The van der Waals surface area contributed by atoms with E-state index in [2.05, 4.69) is 15.2 Å². The van der Waals surface area contributed by atoms with Gasteiger partial charge in [-0.2, -0.15) is 0 Å². The van der Waals surface area contributed by atoms with Crippen LogP contribution in [0.3, 0.4) is 0 Å². The summed E-state index contributed by atoms with van der Waals surface area (Å²) in [4.78, 5) is 4.53. The highest BCUT2D eigenvalue weighted by atomic mass is 32.2. The molecule has 0 atom stereocenters. The summed E-state index contributed by atoms with van der Waals surface area (Å²) in [7, 11) is -3.52. The molecule has 0 aliphatic rings. The van der Waals surface area contributed by atoms with Crippen molar-refractivity contribution in [2.45, 2.75) is 27.7 Å². The normalized spacial score (nSPS) is 11.5. The van der Waals surface area contributed by atoms with Crippen molar-refractivity contribution in [1.29, 1.82) is 0 Å². The number of nitrogens with zero attached hydrogens (tertiary/aromatic N) is 3. The average Bonchev–Trinajstić information content (AvgIpc) is 3.23. The molecule has 0 amide bonds. The number of aryl methyl sites for hydroxylation is 1. The van der Waals surface area contributed by atoms with E-state index in [9.17, 15) is 8.42 Å². The number of benzene rings is 2. The van der Waals surface area contributed by atoms with Gasteiger partial charge < -0.3 is 4.42 Å². The summed E-state index contributed by atoms with van der Waals surface area (Å²) in [6.45, 7) is 1.92. The van der Waals surface area contributed by atoms with Crippen LogP contribution in [0.15, 0.2) is 92.5 Å². The Morgan fingerprint density at radius 2 is 1.48 bits per heavy atom. The van der Waals surface area contributed by atoms with Crippen LogP contribution in [0.25, 0.3) is 11.5 Å². The lowest BCUT2D eigenvalue weighted by Gasteiger charge is -2.06. The van der Waals surface area contributed by atoms with Crippen molar-refractivity contribution >= 4 is 21.6 Å². The van der Waals surface area contributed by atoms with Gasteiger partial charge in [0.25, 0.3) is 5.22 Å². The smallest absolute Gasteiger partial charge is 0.277 e. The second-order valence-electron chi connectivity index (χ2n) is 6.36. The fourth-order valence-electron chi connectivity index (χ4n) is 2.64. The molecule has 0 radical (unpaired) electrons. The summed E-state index contributed by atoms with van der Waals surface area (Å²) in [5.41, 5.74) is 2.79. The maximum Gasteiger partial charge on any atom is 0.277 e. The Kier molecular flexibility index (Phi) is 5.46. The summed E-state index contributed by atoms with van der Waals surface area (Å²) in [6.07, 6.45) is 3.33. The number of sulfone groups is 1. The van der Waals surface area contributed by atoms with Crippen LogP contribution in [-0.4, -0.2) is 23.6 Å². The van der Waals surface area contributed by atoms with E-state index in [1.54, 1.807) is 73.1 Å². The SMILES string of the molecule is Cc1ccc(S(=O)(=O)c2ccc(CSc3nnc(-c4ccncc4)o3)cc2)cc1. The fourth-order valence-corrected chi connectivity index (χ4v) is 4.62. The molecule has 0 aliphatic heterocycles. The van der Waals surface area contributed by atoms with E-state index >= 15 is 0 Å². The van der Waals surface area contributed by atoms with E-state index in [0.29, 0.717) is 21.8 Å². The molecule has 29 heavy (non-hydrogen) atoms. The maximum atomic E-state index is 12.7. The standard InChI is InChI=1S/C21H17N3O3S2/c1-15-2-6-18(7-3-15)29(25,26)19-8-4-16(5-9-19)14-28-21-24-23-20(27-21)17-10-12-22-13-11-17/h2-13H,14H2,1H3. The highest BCUT2D eigenvalue weighted by molar-refractivity contribution is 7.98. The van der Waals surface area contributed by atoms with Crippen LogP contribution < -0.4 is 0 Å². The summed E-state index contributed by atoms with van der Waals surface area (Å²) in [5.74, 6) is 1.03. The molecule has 2 aromatic heterocycles. The van der Waals surface area contributed by atoms with Crippen LogP contribution in [0.4, 0.5) is 0 Å². The predicted molar refractivity (Wildman–Crippen MR) is 110 cm³/mol. The largest absolute Gasteiger partial charge is 0.411 e. The first-order valence-corrected chi connectivity index (χ1v) is 11.3. The molecule has 0 saturated heterocycles. The fraction of sp³-hybridized carbons (Fsp3) is 0.0952. The molecule has 8 heteroatoms. The van der Waals surface area contributed by atoms with Crippen molar-refractivity contribution in [2.75, 3.05) is 0 Å². The lowest BCUT2D eigenvalue weighted by molar-refractivity contribution is 0.466. The van der Waals surface area contributed by atoms with Crippen LogP contribution in [-0.2, 0) is 15.6 Å². The third-order valence-corrected chi connectivity index (χ3v) is 6.94. The molecular formula is C21H17N3O3S2. The number of pyridine rings is 1. The summed E-state index contributed by atoms with van der Waals surface area (Å²) < 4.78 is 31.1. The number of hydrogen-bond donors (Lipinski definition) is 0. The van der Waals surface area contributed by atoms with Gasteiger partial charge in [-0.05, 0) is 48.9 Å². The van der Waals surface area contributed by atoms with Crippen LogP contribution in [0.2, 0.25) is 0 Å². The second-order valence-corrected chi connectivity index (χ2v) is 9.23. The average molecular weight is 424 g/mol. The van der Waals surface area contributed by atoms with Gasteiger partial charge in [-0.25, -0.2) is 8.42 Å². The first-order valence-electron chi connectivity index (χ1n) is 8.80. The van der Waals surface area contributed by atoms with Gasteiger partial charge in [-0.15, -0.1) is 10.2 Å². The Morgan fingerprint density at radius 1 is 0.862 bits per heavy atom. The molecule has 0 unspecified atom stereocenters. The van der Waals surface area contributed by atoms with E-state index in [0.717, 1.165) is 16.7 Å². The van der Waals surface area contributed by atoms with E-state index in [4.69, 9.17) is 4.42 Å². The Morgan fingerprint density at radius 3 is 2.14 bits per heavy atom. The molecule has 2 aromatic carbocycles. The molecule has 6 nitrogen and oxygen atoms in total.